The molecule has 0 aliphatic rings. The maximum absolute atomic E-state index is 10.4. The van der Waals surface area contributed by atoms with Crippen LogP contribution in [0.3, 0.4) is 0 Å². The van der Waals surface area contributed by atoms with Gasteiger partial charge in [0.2, 0.25) is 5.91 Å². The number of hydrogen-bond acceptors (Lipinski definition) is 3. The van der Waals surface area contributed by atoms with Gasteiger partial charge in [0.05, 0.1) is 6.54 Å². The van der Waals surface area contributed by atoms with Gasteiger partial charge in [0, 0.05) is 20.0 Å². The van der Waals surface area contributed by atoms with E-state index in [2.05, 4.69) is 5.32 Å². The highest BCUT2D eigenvalue weighted by Gasteiger charge is 2.02. The second-order valence-corrected chi connectivity index (χ2v) is 2.97. The van der Waals surface area contributed by atoms with E-state index in [1.165, 1.54) is 6.92 Å². The lowest BCUT2D eigenvalue weighted by Gasteiger charge is -2.13. The Morgan fingerprint density at radius 1 is 1.46 bits per heavy atom. The van der Waals surface area contributed by atoms with Crippen molar-refractivity contribution in [1.82, 2.24) is 10.2 Å². The number of nitrogens with one attached hydrogen (secondary N) is 1. The van der Waals surface area contributed by atoms with Crippen molar-refractivity contribution in [2.45, 2.75) is 13.3 Å². The van der Waals surface area contributed by atoms with Crippen LogP contribution in [-0.4, -0.2) is 48.6 Å². The lowest BCUT2D eigenvalue weighted by atomic mass is 10.4. The van der Waals surface area contributed by atoms with Gasteiger partial charge in [-0.3, -0.25) is 14.5 Å². The highest BCUT2D eigenvalue weighted by Crippen LogP contribution is 1.85. The summed E-state index contributed by atoms with van der Waals surface area (Å²) in [7, 11) is 1.74. The molecule has 0 aromatic rings. The third-order valence-electron chi connectivity index (χ3n) is 1.50. The molecule has 0 bridgehead atoms. The molecule has 0 heterocycles. The molecule has 0 spiro atoms. The number of carboxylic acid groups (broad SMARTS) is 1. The van der Waals surface area contributed by atoms with Crippen LogP contribution in [0.5, 0.6) is 0 Å². The summed E-state index contributed by atoms with van der Waals surface area (Å²) in [6.45, 7) is 2.77. The Labute approximate surface area is 77.7 Å². The van der Waals surface area contributed by atoms with Crippen molar-refractivity contribution >= 4 is 11.9 Å². The summed E-state index contributed by atoms with van der Waals surface area (Å²) in [6.07, 6.45) is 0.767. The number of carboxylic acids is 1. The largest absolute Gasteiger partial charge is 0.480 e. The van der Waals surface area contributed by atoms with Crippen molar-refractivity contribution < 1.29 is 14.7 Å². The van der Waals surface area contributed by atoms with E-state index < -0.39 is 5.97 Å². The first kappa shape index (κ1) is 11.9. The van der Waals surface area contributed by atoms with E-state index in [1.807, 2.05) is 0 Å². The van der Waals surface area contributed by atoms with E-state index in [4.69, 9.17) is 5.11 Å². The van der Waals surface area contributed by atoms with Crippen LogP contribution in [0, 0.1) is 0 Å². The molecule has 0 radical (unpaired) electrons. The Bertz CT molecular complexity index is 182. The van der Waals surface area contributed by atoms with Crippen LogP contribution < -0.4 is 5.32 Å². The zero-order valence-corrected chi connectivity index (χ0v) is 8.04. The van der Waals surface area contributed by atoms with Crippen molar-refractivity contribution in [3.05, 3.63) is 0 Å². The number of carbonyl (C=O) groups excluding carboxylic acids is 1. The molecule has 5 nitrogen and oxygen atoms in total. The van der Waals surface area contributed by atoms with Crippen molar-refractivity contribution in [1.29, 1.82) is 0 Å². The minimum atomic E-state index is -0.831. The zero-order chi connectivity index (χ0) is 10.3. The van der Waals surface area contributed by atoms with E-state index in [9.17, 15) is 9.59 Å². The molecule has 0 aliphatic heterocycles. The molecule has 0 saturated heterocycles. The Kier molecular flexibility index (Phi) is 5.88. The lowest BCUT2D eigenvalue weighted by Crippen LogP contribution is -2.29. The summed E-state index contributed by atoms with van der Waals surface area (Å²) in [5, 5.41) is 11.1. The fourth-order valence-corrected chi connectivity index (χ4v) is 0.923. The molecular weight excluding hydrogens is 172 g/mol. The summed E-state index contributed by atoms with van der Waals surface area (Å²) in [6, 6.07) is 0. The molecule has 0 unspecified atom stereocenters. The Hall–Kier alpha value is -1.10. The number of carbonyl (C=O) groups is 2. The Morgan fingerprint density at radius 3 is 2.54 bits per heavy atom. The van der Waals surface area contributed by atoms with Gasteiger partial charge in [-0.25, -0.2) is 0 Å². The van der Waals surface area contributed by atoms with Crippen molar-refractivity contribution in [3.8, 4) is 0 Å². The fraction of sp³-hybridized carbons (Fsp3) is 0.750. The first-order valence-corrected chi connectivity index (χ1v) is 4.17. The molecule has 5 heteroatoms. The maximum Gasteiger partial charge on any atom is 0.317 e. The van der Waals surface area contributed by atoms with Crippen LogP contribution in [0.1, 0.15) is 13.3 Å². The molecule has 0 aromatic carbocycles. The standard InChI is InChI=1S/C8H16N2O3/c1-7(11)9-4-3-5-10(2)6-8(12)13/h3-6H2,1-2H3,(H,9,11)(H,12,13). The van der Waals surface area contributed by atoms with E-state index in [0.717, 1.165) is 6.42 Å². The van der Waals surface area contributed by atoms with Gasteiger partial charge in [0.25, 0.3) is 0 Å². The van der Waals surface area contributed by atoms with Crippen LogP contribution in [-0.2, 0) is 9.59 Å². The van der Waals surface area contributed by atoms with Gasteiger partial charge in [-0.2, -0.15) is 0 Å². The zero-order valence-electron chi connectivity index (χ0n) is 8.04. The number of likely N-dealkylation sites (N-methyl/N-ethyl adjacent to an activating group) is 1. The topological polar surface area (TPSA) is 69.6 Å². The van der Waals surface area contributed by atoms with Gasteiger partial charge < -0.3 is 10.4 Å². The van der Waals surface area contributed by atoms with Crippen LogP contribution in [0.2, 0.25) is 0 Å². The van der Waals surface area contributed by atoms with Crippen molar-refractivity contribution in [2.24, 2.45) is 0 Å². The molecule has 13 heavy (non-hydrogen) atoms. The summed E-state index contributed by atoms with van der Waals surface area (Å²) in [5.74, 6) is -0.886. The van der Waals surface area contributed by atoms with E-state index in [0.29, 0.717) is 13.1 Å². The van der Waals surface area contributed by atoms with Gasteiger partial charge >= 0.3 is 5.97 Å². The minimum Gasteiger partial charge on any atom is -0.480 e. The van der Waals surface area contributed by atoms with Crippen LogP contribution >= 0.6 is 0 Å². The van der Waals surface area contributed by atoms with Gasteiger partial charge in [0.15, 0.2) is 0 Å². The number of nitrogens with zero attached hydrogens (tertiary/aromatic N) is 1. The average molecular weight is 188 g/mol. The first-order chi connectivity index (χ1) is 6.02. The Morgan fingerprint density at radius 2 is 2.08 bits per heavy atom. The molecule has 0 saturated carbocycles. The number of hydrogen-bond donors (Lipinski definition) is 2. The maximum atomic E-state index is 10.4. The molecule has 0 fully saturated rings. The van der Waals surface area contributed by atoms with Gasteiger partial charge in [-0.15, -0.1) is 0 Å². The molecule has 2 N–H and O–H groups in total. The van der Waals surface area contributed by atoms with E-state index in [1.54, 1.807) is 11.9 Å². The van der Waals surface area contributed by atoms with Crippen LogP contribution in [0.25, 0.3) is 0 Å². The molecular formula is C8H16N2O3. The van der Waals surface area contributed by atoms with Gasteiger partial charge in [-0.05, 0) is 13.5 Å². The lowest BCUT2D eigenvalue weighted by molar-refractivity contribution is -0.138. The van der Waals surface area contributed by atoms with Gasteiger partial charge in [0.1, 0.15) is 0 Å². The summed E-state index contributed by atoms with van der Waals surface area (Å²) in [4.78, 5) is 22.4. The SMILES string of the molecule is CC(=O)NCCCN(C)CC(=O)O. The minimum absolute atomic E-state index is 0.0417. The highest BCUT2D eigenvalue weighted by atomic mass is 16.4. The van der Waals surface area contributed by atoms with Crippen LogP contribution in [0.15, 0.2) is 0 Å². The number of aliphatic carboxylic acids is 1. The third-order valence-corrected chi connectivity index (χ3v) is 1.50. The van der Waals surface area contributed by atoms with Crippen LogP contribution in [0.4, 0.5) is 0 Å². The van der Waals surface area contributed by atoms with E-state index >= 15 is 0 Å². The quantitative estimate of drug-likeness (QED) is 0.553. The monoisotopic (exact) mass is 188 g/mol. The fourth-order valence-electron chi connectivity index (χ4n) is 0.923. The first-order valence-electron chi connectivity index (χ1n) is 4.17. The molecule has 0 rings (SSSR count). The van der Waals surface area contributed by atoms with Crippen molar-refractivity contribution in [2.75, 3.05) is 26.7 Å². The second-order valence-electron chi connectivity index (χ2n) is 2.97. The van der Waals surface area contributed by atoms with Crippen molar-refractivity contribution in [3.63, 3.8) is 0 Å². The highest BCUT2D eigenvalue weighted by molar-refractivity contribution is 5.72. The summed E-state index contributed by atoms with van der Waals surface area (Å²) < 4.78 is 0. The molecule has 0 atom stereocenters. The third kappa shape index (κ3) is 8.81. The molecule has 0 aliphatic carbocycles. The second kappa shape index (κ2) is 6.42. The smallest absolute Gasteiger partial charge is 0.317 e. The van der Waals surface area contributed by atoms with Gasteiger partial charge in [-0.1, -0.05) is 0 Å². The summed E-state index contributed by atoms with van der Waals surface area (Å²) >= 11 is 0. The van der Waals surface area contributed by atoms with E-state index in [-0.39, 0.29) is 12.5 Å². The average Bonchev–Trinajstić information content (AvgIpc) is 1.96. The predicted molar refractivity (Wildman–Crippen MR) is 48.4 cm³/mol. The molecule has 76 valence electrons. The molecule has 0 aromatic heterocycles. The normalized spacial score (nSPS) is 10.1. The predicted octanol–water partition coefficient (Wildman–Crippen LogP) is -0.471. The number of rotatable bonds is 6. The Balaban J connectivity index is 3.31. The number of amides is 1. The molecule has 1 amide bonds. The summed E-state index contributed by atoms with van der Waals surface area (Å²) in [5.41, 5.74) is 0.